The molecule has 17 heavy (non-hydrogen) atoms. The van der Waals surface area contributed by atoms with E-state index in [1.165, 1.54) is 4.88 Å². The fourth-order valence-electron chi connectivity index (χ4n) is 1.77. The Hall–Kier alpha value is -2.01. The average Bonchev–Trinajstić information content (AvgIpc) is 2.94. The fourth-order valence-corrected chi connectivity index (χ4v) is 2.61. The Morgan fingerprint density at radius 1 is 1.24 bits per heavy atom. The van der Waals surface area contributed by atoms with Gasteiger partial charge in [-0.2, -0.15) is 0 Å². The zero-order chi connectivity index (χ0) is 11.8. The maximum atomic E-state index is 11.0. The first-order chi connectivity index (χ1) is 8.29. The van der Waals surface area contributed by atoms with Crippen molar-refractivity contribution >= 4 is 23.3 Å². The number of hydrogen-bond acceptors (Lipinski definition) is 4. The van der Waals surface area contributed by atoms with Gasteiger partial charge in [0.25, 0.3) is 0 Å². The molecule has 0 atom stereocenters. The van der Waals surface area contributed by atoms with Crippen LogP contribution < -0.4 is 0 Å². The van der Waals surface area contributed by atoms with Gasteiger partial charge in [0.1, 0.15) is 0 Å². The summed E-state index contributed by atoms with van der Waals surface area (Å²) in [5, 5.41) is 8.23. The molecule has 0 bridgehead atoms. The summed E-state index contributed by atoms with van der Waals surface area (Å²) in [5.74, 6) is 0.723. The van der Waals surface area contributed by atoms with E-state index in [2.05, 4.69) is 10.2 Å². The highest BCUT2D eigenvalue weighted by molar-refractivity contribution is 7.15. The van der Waals surface area contributed by atoms with Gasteiger partial charge in [-0.15, -0.1) is 21.5 Å². The first kappa shape index (κ1) is 10.2. The van der Waals surface area contributed by atoms with Crippen molar-refractivity contribution in [2.24, 2.45) is 0 Å². The van der Waals surface area contributed by atoms with Crippen LogP contribution in [0.3, 0.4) is 0 Å². The zero-order valence-corrected chi connectivity index (χ0v) is 9.94. The van der Waals surface area contributed by atoms with Crippen LogP contribution in [0.15, 0.2) is 30.3 Å². The lowest BCUT2D eigenvalue weighted by atomic mass is 10.3. The Balaban J connectivity index is 2.33. The van der Waals surface area contributed by atoms with Crippen LogP contribution in [0.25, 0.3) is 16.3 Å². The average molecular weight is 243 g/mol. The number of rotatable bonds is 2. The number of hydrogen-bond donors (Lipinski definition) is 0. The molecule has 3 aromatic heterocycles. The zero-order valence-electron chi connectivity index (χ0n) is 9.12. The first-order valence-corrected chi connectivity index (χ1v) is 5.97. The molecule has 0 saturated carbocycles. The normalized spacial score (nSPS) is 10.9. The molecule has 0 unspecified atom stereocenters. The molecule has 4 nitrogen and oxygen atoms in total. The Kier molecular flexibility index (Phi) is 2.26. The van der Waals surface area contributed by atoms with E-state index in [0.717, 1.165) is 17.0 Å². The van der Waals surface area contributed by atoms with E-state index in [4.69, 9.17) is 0 Å². The van der Waals surface area contributed by atoms with E-state index in [0.29, 0.717) is 11.3 Å². The Labute approximate surface area is 102 Å². The summed E-state index contributed by atoms with van der Waals surface area (Å²) in [6, 6.07) is 9.43. The molecule has 84 valence electrons. The van der Waals surface area contributed by atoms with Crippen LogP contribution in [0.5, 0.6) is 0 Å². The molecular weight excluding hydrogens is 234 g/mol. The Bertz CT molecular complexity index is 699. The molecule has 0 aliphatic heterocycles. The van der Waals surface area contributed by atoms with E-state index in [-0.39, 0.29) is 0 Å². The molecule has 3 heterocycles. The van der Waals surface area contributed by atoms with Crippen molar-refractivity contribution in [3.05, 3.63) is 40.9 Å². The molecule has 0 aliphatic rings. The molecule has 0 N–H and O–H groups in total. The van der Waals surface area contributed by atoms with Crippen molar-refractivity contribution < 1.29 is 4.79 Å². The van der Waals surface area contributed by atoms with Crippen LogP contribution in [0, 0.1) is 6.92 Å². The topological polar surface area (TPSA) is 47.3 Å². The number of aldehydes is 1. The molecule has 0 amide bonds. The summed E-state index contributed by atoms with van der Waals surface area (Å²) in [4.78, 5) is 13.3. The van der Waals surface area contributed by atoms with Crippen molar-refractivity contribution in [1.82, 2.24) is 14.6 Å². The van der Waals surface area contributed by atoms with Gasteiger partial charge in [-0.1, -0.05) is 6.07 Å². The van der Waals surface area contributed by atoms with Crippen LogP contribution >= 0.6 is 11.3 Å². The molecule has 0 fully saturated rings. The van der Waals surface area contributed by atoms with Crippen LogP contribution in [-0.4, -0.2) is 20.9 Å². The molecule has 3 aromatic rings. The molecular formula is C12H9N3OS. The quantitative estimate of drug-likeness (QED) is 0.650. The third-order valence-corrected chi connectivity index (χ3v) is 3.54. The number of nitrogens with zero attached hydrogens (tertiary/aromatic N) is 3. The SMILES string of the molecule is Cc1ccc(-c2nnc3cccc(C=O)n23)s1. The van der Waals surface area contributed by atoms with Gasteiger partial charge in [0, 0.05) is 4.88 Å². The second kappa shape index (κ2) is 3.78. The lowest BCUT2D eigenvalue weighted by Crippen LogP contribution is -1.96. The maximum Gasteiger partial charge on any atom is 0.179 e. The van der Waals surface area contributed by atoms with E-state index >= 15 is 0 Å². The smallest absolute Gasteiger partial charge is 0.179 e. The third kappa shape index (κ3) is 1.55. The van der Waals surface area contributed by atoms with E-state index in [9.17, 15) is 4.79 Å². The minimum Gasteiger partial charge on any atom is -0.296 e. The van der Waals surface area contributed by atoms with E-state index in [1.54, 1.807) is 27.9 Å². The van der Waals surface area contributed by atoms with Crippen LogP contribution in [-0.2, 0) is 0 Å². The number of thiophene rings is 1. The highest BCUT2D eigenvalue weighted by Crippen LogP contribution is 2.26. The minimum atomic E-state index is 0.563. The second-order valence-corrected chi connectivity index (χ2v) is 4.98. The summed E-state index contributed by atoms with van der Waals surface area (Å²) >= 11 is 1.64. The Morgan fingerprint density at radius 2 is 2.12 bits per heavy atom. The summed E-state index contributed by atoms with van der Waals surface area (Å²) in [7, 11) is 0. The lowest BCUT2D eigenvalue weighted by molar-refractivity contribution is 0.111. The predicted octanol–water partition coefficient (Wildman–Crippen LogP) is 2.58. The number of aromatic nitrogens is 3. The molecule has 0 aromatic carbocycles. The van der Waals surface area contributed by atoms with Gasteiger partial charge in [0.05, 0.1) is 10.6 Å². The van der Waals surface area contributed by atoms with Crippen molar-refractivity contribution in [2.45, 2.75) is 6.92 Å². The number of carbonyl (C=O) groups excluding carboxylic acids is 1. The molecule has 0 spiro atoms. The Morgan fingerprint density at radius 3 is 2.82 bits per heavy atom. The van der Waals surface area contributed by atoms with Crippen molar-refractivity contribution in [3.63, 3.8) is 0 Å². The number of aryl methyl sites for hydroxylation is 1. The first-order valence-electron chi connectivity index (χ1n) is 5.16. The van der Waals surface area contributed by atoms with Crippen molar-refractivity contribution in [3.8, 4) is 10.7 Å². The monoisotopic (exact) mass is 243 g/mol. The van der Waals surface area contributed by atoms with Crippen molar-refractivity contribution in [1.29, 1.82) is 0 Å². The van der Waals surface area contributed by atoms with E-state index in [1.807, 2.05) is 25.1 Å². The minimum absolute atomic E-state index is 0.563. The molecule has 0 radical (unpaired) electrons. The molecule has 5 heteroatoms. The highest BCUT2D eigenvalue weighted by atomic mass is 32.1. The maximum absolute atomic E-state index is 11.0. The van der Waals surface area contributed by atoms with Gasteiger partial charge < -0.3 is 0 Å². The lowest BCUT2D eigenvalue weighted by Gasteiger charge is -1.99. The molecule has 0 aliphatic carbocycles. The predicted molar refractivity (Wildman–Crippen MR) is 66.4 cm³/mol. The number of pyridine rings is 1. The van der Waals surface area contributed by atoms with E-state index < -0.39 is 0 Å². The van der Waals surface area contributed by atoms with Gasteiger partial charge >= 0.3 is 0 Å². The molecule has 3 rings (SSSR count). The van der Waals surface area contributed by atoms with Gasteiger partial charge in [-0.3, -0.25) is 9.20 Å². The van der Waals surface area contributed by atoms with Gasteiger partial charge in [0.2, 0.25) is 0 Å². The van der Waals surface area contributed by atoms with Crippen molar-refractivity contribution in [2.75, 3.05) is 0 Å². The number of carbonyl (C=O) groups is 1. The molecule has 0 saturated heterocycles. The summed E-state index contributed by atoms with van der Waals surface area (Å²) in [6.07, 6.45) is 0.820. The largest absolute Gasteiger partial charge is 0.296 e. The fraction of sp³-hybridized carbons (Fsp3) is 0.0833. The second-order valence-electron chi connectivity index (χ2n) is 3.70. The summed E-state index contributed by atoms with van der Waals surface area (Å²) in [5.41, 5.74) is 1.25. The standard InChI is InChI=1S/C12H9N3OS/c1-8-5-6-10(17-8)12-14-13-11-4-2-3-9(7-16)15(11)12/h2-7H,1H3. The van der Waals surface area contributed by atoms with Crippen LogP contribution in [0.4, 0.5) is 0 Å². The van der Waals surface area contributed by atoms with Crippen LogP contribution in [0.1, 0.15) is 15.4 Å². The third-order valence-electron chi connectivity index (χ3n) is 2.54. The highest BCUT2D eigenvalue weighted by Gasteiger charge is 2.12. The summed E-state index contributed by atoms with van der Waals surface area (Å²) < 4.78 is 1.78. The van der Waals surface area contributed by atoms with Gasteiger partial charge in [0.15, 0.2) is 17.8 Å². The summed E-state index contributed by atoms with van der Waals surface area (Å²) in [6.45, 7) is 2.04. The van der Waals surface area contributed by atoms with Crippen LogP contribution in [0.2, 0.25) is 0 Å². The van der Waals surface area contributed by atoms with Gasteiger partial charge in [-0.25, -0.2) is 0 Å². The van der Waals surface area contributed by atoms with Gasteiger partial charge in [-0.05, 0) is 31.2 Å². The number of fused-ring (bicyclic) bond motifs is 1.